The minimum absolute atomic E-state index is 0.356. The lowest BCUT2D eigenvalue weighted by atomic mass is 9.95. The number of thiazole rings is 1. The van der Waals surface area contributed by atoms with Crippen molar-refractivity contribution in [3.63, 3.8) is 0 Å². The van der Waals surface area contributed by atoms with Gasteiger partial charge in [-0.1, -0.05) is 0 Å². The largest absolute Gasteiger partial charge is 0.310 e. The Kier molecular flexibility index (Phi) is 3.92. The highest BCUT2D eigenvalue weighted by Crippen LogP contribution is 2.40. The summed E-state index contributed by atoms with van der Waals surface area (Å²) in [5.41, 5.74) is 1.52. The standard InChI is InChI=1S/C15H25N3S/c1-12-10-19-14(17-12)6-9-18-8-3-7-16-15(2,11-18)13-4-5-13/h10,13,16H,3-9,11H2,1-2H3. The average Bonchev–Trinajstić information content (AvgIpc) is 3.17. The lowest BCUT2D eigenvalue weighted by molar-refractivity contribution is 0.203. The molecule has 1 aromatic rings. The lowest BCUT2D eigenvalue weighted by Crippen LogP contribution is -2.51. The van der Waals surface area contributed by atoms with E-state index in [0.29, 0.717) is 5.54 Å². The summed E-state index contributed by atoms with van der Waals surface area (Å²) >= 11 is 1.81. The molecule has 0 bridgehead atoms. The molecular formula is C15H25N3S. The van der Waals surface area contributed by atoms with Gasteiger partial charge in [-0.25, -0.2) is 4.98 Å². The molecule has 1 unspecified atom stereocenters. The molecule has 19 heavy (non-hydrogen) atoms. The van der Waals surface area contributed by atoms with Crippen molar-refractivity contribution in [2.24, 2.45) is 5.92 Å². The van der Waals surface area contributed by atoms with Crippen LogP contribution in [0.4, 0.5) is 0 Å². The van der Waals surface area contributed by atoms with E-state index in [4.69, 9.17) is 0 Å². The molecule has 2 heterocycles. The van der Waals surface area contributed by atoms with Crippen LogP contribution in [0.2, 0.25) is 0 Å². The van der Waals surface area contributed by atoms with E-state index in [0.717, 1.165) is 18.9 Å². The third-order valence-electron chi connectivity index (χ3n) is 4.52. The van der Waals surface area contributed by atoms with Crippen LogP contribution in [0, 0.1) is 12.8 Å². The number of aryl methyl sites for hydroxylation is 1. The van der Waals surface area contributed by atoms with Gasteiger partial charge in [0.25, 0.3) is 0 Å². The van der Waals surface area contributed by atoms with Crippen LogP contribution >= 0.6 is 11.3 Å². The molecule has 1 saturated heterocycles. The third kappa shape index (κ3) is 3.36. The molecule has 0 spiro atoms. The second kappa shape index (κ2) is 5.51. The monoisotopic (exact) mass is 279 g/mol. The first-order chi connectivity index (χ1) is 9.16. The van der Waals surface area contributed by atoms with Crippen molar-refractivity contribution in [3.05, 3.63) is 16.1 Å². The van der Waals surface area contributed by atoms with E-state index >= 15 is 0 Å². The fourth-order valence-corrected chi connectivity index (χ4v) is 4.00. The van der Waals surface area contributed by atoms with Crippen molar-refractivity contribution < 1.29 is 0 Å². The van der Waals surface area contributed by atoms with Crippen LogP contribution in [0.25, 0.3) is 0 Å². The topological polar surface area (TPSA) is 28.2 Å². The molecule has 0 radical (unpaired) electrons. The molecule has 1 aromatic heterocycles. The molecule has 2 aliphatic rings. The molecule has 106 valence electrons. The van der Waals surface area contributed by atoms with E-state index in [1.54, 1.807) is 0 Å². The lowest BCUT2D eigenvalue weighted by Gasteiger charge is -2.33. The number of nitrogens with zero attached hydrogens (tertiary/aromatic N) is 2. The van der Waals surface area contributed by atoms with Crippen molar-refractivity contribution in [2.75, 3.05) is 26.2 Å². The van der Waals surface area contributed by atoms with Crippen LogP contribution in [-0.2, 0) is 6.42 Å². The molecule has 0 amide bonds. The van der Waals surface area contributed by atoms with Crippen molar-refractivity contribution in [1.29, 1.82) is 0 Å². The maximum atomic E-state index is 4.58. The zero-order valence-electron chi connectivity index (χ0n) is 12.1. The second-order valence-electron chi connectivity index (χ2n) is 6.38. The molecule has 2 fully saturated rings. The summed E-state index contributed by atoms with van der Waals surface area (Å²) in [6.07, 6.45) is 5.23. The Morgan fingerprint density at radius 2 is 2.37 bits per heavy atom. The van der Waals surface area contributed by atoms with Crippen LogP contribution in [0.1, 0.15) is 36.9 Å². The number of aromatic nitrogens is 1. The molecule has 4 heteroatoms. The van der Waals surface area contributed by atoms with Crippen molar-refractivity contribution in [3.8, 4) is 0 Å². The average molecular weight is 279 g/mol. The van der Waals surface area contributed by atoms with Gasteiger partial charge < -0.3 is 10.2 Å². The van der Waals surface area contributed by atoms with Gasteiger partial charge in [0.1, 0.15) is 0 Å². The fourth-order valence-electron chi connectivity index (χ4n) is 3.23. The predicted molar refractivity (Wildman–Crippen MR) is 80.7 cm³/mol. The fraction of sp³-hybridized carbons (Fsp3) is 0.800. The van der Waals surface area contributed by atoms with Crippen LogP contribution in [0.5, 0.6) is 0 Å². The van der Waals surface area contributed by atoms with Gasteiger partial charge in [-0.2, -0.15) is 0 Å². The summed E-state index contributed by atoms with van der Waals surface area (Å²) in [4.78, 5) is 7.23. The number of rotatable bonds is 4. The van der Waals surface area contributed by atoms with E-state index in [1.165, 1.54) is 49.6 Å². The van der Waals surface area contributed by atoms with E-state index in [9.17, 15) is 0 Å². The molecule has 1 atom stereocenters. The second-order valence-corrected chi connectivity index (χ2v) is 7.32. The van der Waals surface area contributed by atoms with Crippen molar-refractivity contribution in [1.82, 2.24) is 15.2 Å². The summed E-state index contributed by atoms with van der Waals surface area (Å²) in [7, 11) is 0. The summed E-state index contributed by atoms with van der Waals surface area (Å²) in [6, 6.07) is 0. The van der Waals surface area contributed by atoms with Gasteiger partial charge in [0, 0.05) is 36.1 Å². The van der Waals surface area contributed by atoms with E-state index in [2.05, 4.69) is 34.4 Å². The van der Waals surface area contributed by atoms with Crippen LogP contribution in [0.15, 0.2) is 5.38 Å². The maximum Gasteiger partial charge on any atom is 0.0940 e. The molecule has 3 rings (SSSR count). The first-order valence-electron chi connectivity index (χ1n) is 7.54. The number of hydrogen-bond acceptors (Lipinski definition) is 4. The van der Waals surface area contributed by atoms with Gasteiger partial charge in [-0.05, 0) is 52.1 Å². The smallest absolute Gasteiger partial charge is 0.0940 e. The highest BCUT2D eigenvalue weighted by Gasteiger charge is 2.42. The summed E-state index contributed by atoms with van der Waals surface area (Å²) < 4.78 is 0. The SMILES string of the molecule is Cc1csc(CCN2CCCNC(C)(C3CC3)C2)n1. The number of hydrogen-bond donors (Lipinski definition) is 1. The molecule has 3 nitrogen and oxygen atoms in total. The molecular weight excluding hydrogens is 254 g/mol. The Morgan fingerprint density at radius 1 is 1.53 bits per heavy atom. The molecule has 1 aliphatic carbocycles. The summed E-state index contributed by atoms with van der Waals surface area (Å²) in [5, 5.41) is 7.25. The van der Waals surface area contributed by atoms with Crippen molar-refractivity contribution in [2.45, 2.75) is 45.1 Å². The quantitative estimate of drug-likeness (QED) is 0.917. The Hall–Kier alpha value is -0.450. The van der Waals surface area contributed by atoms with Gasteiger partial charge >= 0.3 is 0 Å². The van der Waals surface area contributed by atoms with E-state index in [-0.39, 0.29) is 0 Å². The molecule has 1 aliphatic heterocycles. The molecule has 1 saturated carbocycles. The minimum atomic E-state index is 0.356. The zero-order valence-corrected chi connectivity index (χ0v) is 12.9. The Labute approximate surface area is 120 Å². The normalized spacial score (nSPS) is 29.4. The van der Waals surface area contributed by atoms with E-state index < -0.39 is 0 Å². The first kappa shape index (κ1) is 13.5. The summed E-state index contributed by atoms with van der Waals surface area (Å²) in [5.74, 6) is 0.912. The van der Waals surface area contributed by atoms with Crippen molar-refractivity contribution >= 4 is 11.3 Å². The Balaban J connectivity index is 1.57. The highest BCUT2D eigenvalue weighted by atomic mass is 32.1. The Bertz CT molecular complexity index is 427. The third-order valence-corrected chi connectivity index (χ3v) is 5.55. The number of nitrogens with one attached hydrogen (secondary N) is 1. The Morgan fingerprint density at radius 3 is 3.05 bits per heavy atom. The minimum Gasteiger partial charge on any atom is -0.310 e. The van der Waals surface area contributed by atoms with Gasteiger partial charge in [-0.3, -0.25) is 0 Å². The maximum absolute atomic E-state index is 4.58. The van der Waals surface area contributed by atoms with Gasteiger partial charge in [0.2, 0.25) is 0 Å². The molecule has 1 N–H and O–H groups in total. The van der Waals surface area contributed by atoms with Gasteiger partial charge in [0.15, 0.2) is 0 Å². The summed E-state index contributed by atoms with van der Waals surface area (Å²) in [6.45, 7) is 9.30. The van der Waals surface area contributed by atoms with Crippen LogP contribution in [-0.4, -0.2) is 41.6 Å². The highest BCUT2D eigenvalue weighted by molar-refractivity contribution is 7.09. The van der Waals surface area contributed by atoms with Crippen LogP contribution in [0.3, 0.4) is 0 Å². The van der Waals surface area contributed by atoms with E-state index in [1.807, 2.05) is 11.3 Å². The first-order valence-corrected chi connectivity index (χ1v) is 8.42. The van der Waals surface area contributed by atoms with Gasteiger partial charge in [-0.15, -0.1) is 11.3 Å². The predicted octanol–water partition coefficient (Wildman–Crippen LogP) is 2.46. The zero-order chi connectivity index (χ0) is 13.3. The molecule has 0 aromatic carbocycles. The van der Waals surface area contributed by atoms with Crippen LogP contribution < -0.4 is 5.32 Å². The van der Waals surface area contributed by atoms with Gasteiger partial charge in [0.05, 0.1) is 5.01 Å².